The molecule has 0 spiro atoms. The second-order valence-electron chi connectivity index (χ2n) is 9.62. The van der Waals surface area contributed by atoms with Gasteiger partial charge in [-0.2, -0.15) is 6.08 Å². The van der Waals surface area contributed by atoms with Gasteiger partial charge in [0.2, 0.25) is 0 Å². The van der Waals surface area contributed by atoms with Gasteiger partial charge in [-0.3, -0.25) is 6.08 Å². The minimum absolute atomic E-state index is 0. The average Bonchev–Trinajstić information content (AvgIpc) is 2.82. The first-order valence-corrected chi connectivity index (χ1v) is 12.6. The van der Waals surface area contributed by atoms with Crippen LogP contribution < -0.4 is 0 Å². The van der Waals surface area contributed by atoms with Crippen molar-refractivity contribution in [2.75, 3.05) is 0 Å². The number of alkyl halides is 9. The van der Waals surface area contributed by atoms with E-state index in [0.29, 0.717) is 0 Å². The van der Waals surface area contributed by atoms with Crippen molar-refractivity contribution >= 4 is 14.3 Å². The summed E-state index contributed by atoms with van der Waals surface area (Å²) in [6, 6.07) is 0. The molecule has 0 heterocycles. The third-order valence-electron chi connectivity index (χ3n) is 1.44. The summed E-state index contributed by atoms with van der Waals surface area (Å²) in [7, 11) is 0. The summed E-state index contributed by atoms with van der Waals surface area (Å²) < 4.78 is 102. The molecule has 0 aromatic rings. The average molecular weight is 652 g/mol. The molecule has 0 unspecified atom stereocenters. The molecule has 201 valence electrons. The molecular weight excluding hydrogens is 617 g/mol. The standard InChI is InChI=1S/C5H5.3C4H10N.C3F9Ge.Zr/c1-2-4-5-3-1;3*1-4(2,3)5;4-1(5,6)13(2(7,8)9)3(10,11)12;/h1-3H,4H2;3*5H,1-3H3;;/q4*-1;;+4. The quantitative estimate of drug-likeness (QED) is 0.142. The molecule has 34 heavy (non-hydrogen) atoms. The fourth-order valence-electron chi connectivity index (χ4n) is 0.822. The van der Waals surface area contributed by atoms with Crippen LogP contribution in [0.4, 0.5) is 39.5 Å². The third kappa shape index (κ3) is 58.2. The molecule has 0 aromatic heterocycles. The van der Waals surface area contributed by atoms with Crippen LogP contribution in [-0.4, -0.2) is 46.0 Å². The zero-order valence-corrected chi connectivity index (χ0v) is 25.4. The molecular formula is C20H35F9GeN3Zr. The van der Waals surface area contributed by atoms with Crippen LogP contribution in [0.3, 0.4) is 0 Å². The maximum Gasteiger partial charge on any atom is 4.00 e. The number of allylic oxidation sites excluding steroid dienone is 4. The summed E-state index contributed by atoms with van der Waals surface area (Å²) in [6.45, 7) is 16.7. The van der Waals surface area contributed by atoms with Crippen molar-refractivity contribution in [3.63, 3.8) is 0 Å². The molecule has 0 atom stereocenters. The van der Waals surface area contributed by atoms with Crippen LogP contribution in [0.15, 0.2) is 18.2 Å². The van der Waals surface area contributed by atoms with Crippen molar-refractivity contribution in [1.29, 1.82) is 0 Å². The summed E-state index contributed by atoms with van der Waals surface area (Å²) in [5, 5.41) is -18.6. The molecule has 1 rings (SSSR count). The Morgan fingerprint density at radius 2 is 0.794 bits per heavy atom. The molecule has 3 N–H and O–H groups in total. The molecule has 0 amide bonds. The Labute approximate surface area is 221 Å². The first-order chi connectivity index (χ1) is 13.9. The zero-order chi connectivity index (χ0) is 28.1. The Hall–Kier alpha value is 0.156. The summed E-state index contributed by atoms with van der Waals surface area (Å²) in [4.78, 5) is 0. The summed E-state index contributed by atoms with van der Waals surface area (Å²) in [6.07, 6.45) is 10.0. The minimum atomic E-state index is -7.10. The summed E-state index contributed by atoms with van der Waals surface area (Å²) in [5.74, 6) is 0. The van der Waals surface area contributed by atoms with Crippen LogP contribution in [0.2, 0.25) is 0 Å². The van der Waals surface area contributed by atoms with Crippen molar-refractivity contribution in [3.8, 4) is 0 Å². The predicted molar refractivity (Wildman–Crippen MR) is 118 cm³/mol. The van der Waals surface area contributed by atoms with Gasteiger partial charge in [-0.25, -0.2) is 12.2 Å². The van der Waals surface area contributed by atoms with Crippen molar-refractivity contribution in [3.05, 3.63) is 41.5 Å². The van der Waals surface area contributed by atoms with Crippen LogP contribution in [0.25, 0.3) is 17.2 Å². The van der Waals surface area contributed by atoms with Crippen LogP contribution in [-0.2, 0) is 26.2 Å². The number of hydrogen-bond donors (Lipinski definition) is 0. The van der Waals surface area contributed by atoms with Crippen molar-refractivity contribution in [2.24, 2.45) is 0 Å². The second kappa shape index (κ2) is 17.6. The first-order valence-electron chi connectivity index (χ1n) is 9.42. The van der Waals surface area contributed by atoms with Crippen molar-refractivity contribution in [2.45, 2.75) is 100 Å². The van der Waals surface area contributed by atoms with Gasteiger partial charge < -0.3 is 17.2 Å². The van der Waals surface area contributed by atoms with E-state index in [1.165, 1.54) is 0 Å². The molecule has 14 heteroatoms. The van der Waals surface area contributed by atoms with Crippen LogP contribution in [0, 0.1) is 6.08 Å². The van der Waals surface area contributed by atoms with E-state index >= 15 is 0 Å². The Bertz CT molecular complexity index is 463. The normalized spacial score (nSPS) is 13.7. The Morgan fingerprint density at radius 1 is 0.588 bits per heavy atom. The summed E-state index contributed by atoms with van der Waals surface area (Å²) in [5.41, 5.74) is 20.1. The van der Waals surface area contributed by atoms with Gasteiger partial charge in [-0.15, -0.1) is 23.0 Å². The Morgan fingerprint density at radius 3 is 0.824 bits per heavy atom. The van der Waals surface area contributed by atoms with Gasteiger partial charge in [-0.05, 0) is 0 Å². The topological polar surface area (TPSA) is 71.4 Å². The number of nitrogens with one attached hydrogen (secondary N) is 3. The molecule has 1 aliphatic rings. The van der Waals surface area contributed by atoms with Gasteiger partial charge in [0.05, 0.1) is 0 Å². The number of hydrogen-bond acceptors (Lipinski definition) is 0. The molecule has 0 aromatic carbocycles. The number of rotatable bonds is 0. The van der Waals surface area contributed by atoms with Crippen molar-refractivity contribution in [1.82, 2.24) is 0 Å². The predicted octanol–water partition coefficient (Wildman–Crippen LogP) is 9.60. The third-order valence-corrected chi connectivity index (χ3v) is 5.00. The van der Waals surface area contributed by atoms with Crippen LogP contribution >= 0.6 is 0 Å². The van der Waals surface area contributed by atoms with Gasteiger partial charge in [-0.1, -0.05) is 62.3 Å². The van der Waals surface area contributed by atoms with E-state index < -0.39 is 29.4 Å². The van der Waals surface area contributed by atoms with Crippen LogP contribution in [0.5, 0.6) is 0 Å². The van der Waals surface area contributed by atoms with Gasteiger partial charge in [0.1, 0.15) is 0 Å². The fraction of sp³-hybridized carbons (Fsp3) is 0.800. The molecule has 0 saturated heterocycles. The van der Waals surface area contributed by atoms with E-state index in [-0.39, 0.29) is 42.8 Å². The smallest absolute Gasteiger partial charge is 0.273 e. The van der Waals surface area contributed by atoms with E-state index in [1.807, 2.05) is 74.5 Å². The van der Waals surface area contributed by atoms with E-state index in [1.54, 1.807) is 0 Å². The van der Waals surface area contributed by atoms with Gasteiger partial charge in [0.15, 0.2) is 0 Å². The maximum atomic E-state index is 11.3. The molecule has 0 fully saturated rings. The summed E-state index contributed by atoms with van der Waals surface area (Å²) >= 11 is -7.10. The second-order valence-corrected chi connectivity index (χ2v) is 14.8. The van der Waals surface area contributed by atoms with Crippen molar-refractivity contribution < 1.29 is 65.7 Å². The van der Waals surface area contributed by atoms with E-state index in [4.69, 9.17) is 17.2 Å². The Balaban J connectivity index is -0.000000112. The molecule has 1 radical (unpaired) electrons. The molecule has 1 aliphatic carbocycles. The molecule has 3 nitrogen and oxygen atoms in total. The molecule has 0 saturated carbocycles. The molecule has 0 bridgehead atoms. The minimum Gasteiger partial charge on any atom is -0.273 e. The van der Waals surface area contributed by atoms with Gasteiger partial charge >= 0.3 is 95.1 Å². The fourth-order valence-corrected chi connectivity index (χ4v) is 2.85. The van der Waals surface area contributed by atoms with E-state index in [2.05, 4.69) is 12.2 Å². The van der Waals surface area contributed by atoms with Gasteiger partial charge in [0, 0.05) is 0 Å². The van der Waals surface area contributed by atoms with E-state index in [9.17, 15) is 39.5 Å². The Kier molecular flexibility index (Phi) is 22.8. The van der Waals surface area contributed by atoms with Crippen LogP contribution in [0.1, 0.15) is 68.7 Å². The largest absolute Gasteiger partial charge is 4.00 e. The SMILES string of the molecule is CC(C)(C)[NH-].CC(C)(C)[NH-].CC(C)(C)[NH-].F[C](F)(F)[Ge]([C](F)(F)F)[C](F)(F)F.[C-]1=CC=CC1.[Zr+4]. The van der Waals surface area contributed by atoms with E-state index in [0.717, 1.165) is 6.42 Å². The van der Waals surface area contributed by atoms with Gasteiger partial charge in [0.25, 0.3) is 0 Å². The maximum absolute atomic E-state index is 11.3. The molecule has 0 aliphatic heterocycles. The monoisotopic (exact) mass is 652 g/mol. The first kappa shape index (κ1) is 44.2. The number of halogens is 9. The zero-order valence-electron chi connectivity index (χ0n) is 20.8.